The fraction of sp³-hybridized carbons (Fsp3) is 0.346. The Morgan fingerprint density at radius 3 is 2.40 bits per heavy atom. The van der Waals surface area contributed by atoms with Crippen molar-refractivity contribution in [1.82, 2.24) is 4.90 Å². The van der Waals surface area contributed by atoms with Crippen LogP contribution in [-0.2, 0) is 4.79 Å². The van der Waals surface area contributed by atoms with Gasteiger partial charge < -0.3 is 14.1 Å². The Kier molecular flexibility index (Phi) is 6.35. The number of nitrogens with zero attached hydrogens (tertiary/aromatic N) is 1. The zero-order valence-electron chi connectivity index (χ0n) is 19.1. The van der Waals surface area contributed by atoms with Crippen molar-refractivity contribution in [1.29, 1.82) is 0 Å². The first-order valence-corrected chi connectivity index (χ1v) is 10.5. The molecule has 1 aromatic heterocycles. The molecule has 4 heteroatoms. The van der Waals surface area contributed by atoms with E-state index < -0.39 is 0 Å². The Morgan fingerprint density at radius 1 is 1.10 bits per heavy atom. The quantitative estimate of drug-likeness (QED) is 0.452. The Balaban J connectivity index is 2.21. The lowest BCUT2D eigenvalue weighted by molar-refractivity contribution is -0.125. The van der Waals surface area contributed by atoms with Gasteiger partial charge in [0, 0.05) is 41.2 Å². The standard InChI is InChI=1S/C26H31NO3/c1-8-27(9-2)24(28)13-18(5)21-14-22-23(20-11-10-16(3)12-17(20)4)15-30-26(22)19(6)25(21)29-7/h10-15H,8-9H2,1-7H3/b18-13+. The zero-order valence-corrected chi connectivity index (χ0v) is 19.1. The molecule has 4 nitrogen and oxygen atoms in total. The van der Waals surface area contributed by atoms with Crippen molar-refractivity contribution in [2.75, 3.05) is 20.2 Å². The van der Waals surface area contributed by atoms with Gasteiger partial charge in [-0.25, -0.2) is 0 Å². The minimum Gasteiger partial charge on any atom is -0.496 e. The molecular formula is C26H31NO3. The van der Waals surface area contributed by atoms with Gasteiger partial charge in [-0.2, -0.15) is 0 Å². The third-order valence-corrected chi connectivity index (χ3v) is 5.76. The average Bonchev–Trinajstić information content (AvgIpc) is 3.13. The van der Waals surface area contributed by atoms with Crippen LogP contribution in [0.3, 0.4) is 0 Å². The summed E-state index contributed by atoms with van der Waals surface area (Å²) in [4.78, 5) is 14.4. The minimum absolute atomic E-state index is 0.0131. The molecular weight excluding hydrogens is 374 g/mol. The SMILES string of the molecule is CCN(CC)C(=O)/C=C(\C)c1cc2c(-c3ccc(C)cc3C)coc2c(C)c1OC. The van der Waals surface area contributed by atoms with Gasteiger partial charge >= 0.3 is 0 Å². The van der Waals surface area contributed by atoms with E-state index in [1.165, 1.54) is 11.1 Å². The van der Waals surface area contributed by atoms with Crippen LogP contribution in [-0.4, -0.2) is 31.0 Å². The van der Waals surface area contributed by atoms with E-state index in [0.29, 0.717) is 13.1 Å². The third-order valence-electron chi connectivity index (χ3n) is 5.76. The number of carbonyl (C=O) groups is 1. The third kappa shape index (κ3) is 3.87. The number of allylic oxidation sites excluding steroid dienone is 1. The lowest BCUT2D eigenvalue weighted by atomic mass is 9.94. The summed E-state index contributed by atoms with van der Waals surface area (Å²) in [5.41, 5.74) is 8.18. The van der Waals surface area contributed by atoms with E-state index in [2.05, 4.69) is 38.1 Å². The molecule has 0 spiro atoms. The number of hydrogen-bond acceptors (Lipinski definition) is 3. The topological polar surface area (TPSA) is 42.7 Å². The lowest BCUT2D eigenvalue weighted by Crippen LogP contribution is -2.28. The Bertz CT molecular complexity index is 1120. The highest BCUT2D eigenvalue weighted by Crippen LogP contribution is 2.41. The normalized spacial score (nSPS) is 11.8. The maximum Gasteiger partial charge on any atom is 0.246 e. The van der Waals surface area contributed by atoms with Gasteiger partial charge in [0.25, 0.3) is 0 Å². The summed E-state index contributed by atoms with van der Waals surface area (Å²) in [6, 6.07) is 8.52. The van der Waals surface area contributed by atoms with Gasteiger partial charge in [0.2, 0.25) is 5.91 Å². The summed E-state index contributed by atoms with van der Waals surface area (Å²) in [5, 5.41) is 1.03. The number of carbonyl (C=O) groups excluding carboxylic acids is 1. The molecule has 30 heavy (non-hydrogen) atoms. The van der Waals surface area contributed by atoms with Crippen LogP contribution in [0, 0.1) is 20.8 Å². The van der Waals surface area contributed by atoms with Crippen molar-refractivity contribution in [3.8, 4) is 16.9 Å². The van der Waals surface area contributed by atoms with Crippen LogP contribution in [0.5, 0.6) is 5.75 Å². The number of aryl methyl sites for hydroxylation is 3. The van der Waals surface area contributed by atoms with E-state index in [1.54, 1.807) is 18.1 Å². The second-order valence-corrected chi connectivity index (χ2v) is 7.76. The van der Waals surface area contributed by atoms with Crippen molar-refractivity contribution < 1.29 is 13.9 Å². The summed E-state index contributed by atoms with van der Waals surface area (Å²) < 4.78 is 11.7. The molecule has 0 aliphatic rings. The highest BCUT2D eigenvalue weighted by atomic mass is 16.5. The first-order valence-electron chi connectivity index (χ1n) is 10.5. The number of hydrogen-bond donors (Lipinski definition) is 0. The molecule has 1 heterocycles. The summed E-state index contributed by atoms with van der Waals surface area (Å²) in [5.74, 6) is 0.754. The molecule has 158 valence electrons. The lowest BCUT2D eigenvalue weighted by Gasteiger charge is -2.18. The Labute approximate surface area is 179 Å². The van der Waals surface area contributed by atoms with E-state index in [9.17, 15) is 4.79 Å². The smallest absolute Gasteiger partial charge is 0.246 e. The number of ether oxygens (including phenoxy) is 1. The molecule has 0 unspecified atom stereocenters. The molecule has 0 saturated carbocycles. The zero-order chi connectivity index (χ0) is 22.0. The van der Waals surface area contributed by atoms with Gasteiger partial charge in [-0.3, -0.25) is 4.79 Å². The number of furan rings is 1. The van der Waals surface area contributed by atoms with E-state index in [0.717, 1.165) is 44.5 Å². The monoisotopic (exact) mass is 405 g/mol. The summed E-state index contributed by atoms with van der Waals surface area (Å²) in [6.07, 6.45) is 3.52. The first kappa shape index (κ1) is 21.7. The molecule has 3 rings (SSSR count). The maximum atomic E-state index is 12.6. The second-order valence-electron chi connectivity index (χ2n) is 7.76. The molecule has 1 amide bonds. The van der Waals surface area contributed by atoms with Crippen LogP contribution < -0.4 is 4.74 Å². The van der Waals surface area contributed by atoms with E-state index in [1.807, 2.05) is 34.0 Å². The molecule has 0 aliphatic carbocycles. The number of rotatable bonds is 6. The van der Waals surface area contributed by atoms with Crippen LogP contribution in [0.2, 0.25) is 0 Å². The van der Waals surface area contributed by atoms with Crippen molar-refractivity contribution in [3.05, 3.63) is 58.9 Å². The number of methoxy groups -OCH3 is 1. The van der Waals surface area contributed by atoms with Crippen molar-refractivity contribution in [3.63, 3.8) is 0 Å². The van der Waals surface area contributed by atoms with Crippen LogP contribution in [0.4, 0.5) is 0 Å². The fourth-order valence-corrected chi connectivity index (χ4v) is 4.09. The largest absolute Gasteiger partial charge is 0.496 e. The molecule has 0 fully saturated rings. The molecule has 0 N–H and O–H groups in total. The molecule has 0 atom stereocenters. The molecule has 3 aromatic rings. The van der Waals surface area contributed by atoms with Crippen LogP contribution >= 0.6 is 0 Å². The van der Waals surface area contributed by atoms with Gasteiger partial charge in [-0.15, -0.1) is 0 Å². The van der Waals surface area contributed by atoms with Gasteiger partial charge in [0.1, 0.15) is 11.3 Å². The number of fused-ring (bicyclic) bond motifs is 1. The average molecular weight is 406 g/mol. The fourth-order valence-electron chi connectivity index (χ4n) is 4.09. The van der Waals surface area contributed by atoms with E-state index in [-0.39, 0.29) is 5.91 Å². The molecule has 0 aliphatic heterocycles. The van der Waals surface area contributed by atoms with Crippen molar-refractivity contribution in [2.45, 2.75) is 41.5 Å². The van der Waals surface area contributed by atoms with E-state index >= 15 is 0 Å². The second kappa shape index (κ2) is 8.78. The summed E-state index contributed by atoms with van der Waals surface area (Å²) >= 11 is 0. The molecule has 0 radical (unpaired) electrons. The van der Waals surface area contributed by atoms with Crippen molar-refractivity contribution in [2.24, 2.45) is 0 Å². The van der Waals surface area contributed by atoms with Gasteiger partial charge in [-0.1, -0.05) is 23.8 Å². The van der Waals surface area contributed by atoms with Crippen LogP contribution in [0.1, 0.15) is 43.0 Å². The van der Waals surface area contributed by atoms with Crippen LogP contribution in [0.25, 0.3) is 27.7 Å². The van der Waals surface area contributed by atoms with Gasteiger partial charge in [0.05, 0.1) is 13.4 Å². The highest BCUT2D eigenvalue weighted by molar-refractivity contribution is 6.02. The molecule has 2 aromatic carbocycles. The predicted octanol–water partition coefficient (Wildman–Crippen LogP) is 6.31. The summed E-state index contributed by atoms with van der Waals surface area (Å²) in [6.45, 7) is 13.5. The van der Waals surface area contributed by atoms with Gasteiger partial charge in [-0.05, 0) is 64.3 Å². The Hall–Kier alpha value is -3.01. The molecule has 0 saturated heterocycles. The summed E-state index contributed by atoms with van der Waals surface area (Å²) in [7, 11) is 1.66. The predicted molar refractivity (Wildman–Crippen MR) is 124 cm³/mol. The minimum atomic E-state index is 0.0131. The molecule has 0 bridgehead atoms. The van der Waals surface area contributed by atoms with Gasteiger partial charge in [0.15, 0.2) is 0 Å². The maximum absolute atomic E-state index is 12.6. The van der Waals surface area contributed by atoms with E-state index in [4.69, 9.17) is 9.15 Å². The number of likely N-dealkylation sites (N-methyl/N-ethyl adjacent to an activating group) is 1. The first-order chi connectivity index (χ1) is 14.3. The van der Waals surface area contributed by atoms with Crippen molar-refractivity contribution >= 4 is 22.4 Å². The number of benzene rings is 2. The van der Waals surface area contributed by atoms with Crippen LogP contribution in [0.15, 0.2) is 41.0 Å². The number of amides is 1. The highest BCUT2D eigenvalue weighted by Gasteiger charge is 2.20. The Morgan fingerprint density at radius 2 is 1.80 bits per heavy atom.